The Balaban J connectivity index is 2.06. The summed E-state index contributed by atoms with van der Waals surface area (Å²) in [6, 6.07) is 8.05. The molecule has 0 radical (unpaired) electrons. The molecular weight excluding hydrogens is 264 g/mol. The van der Waals surface area contributed by atoms with Crippen LogP contribution in [0, 0.1) is 0 Å². The van der Waals surface area contributed by atoms with E-state index in [-0.39, 0.29) is 18.0 Å². The smallest absolute Gasteiger partial charge is 0.221 e. The van der Waals surface area contributed by atoms with E-state index in [1.165, 1.54) is 6.92 Å². The fraction of sp³-hybridized carbons (Fsp3) is 0.312. The Morgan fingerprint density at radius 1 is 1.19 bits per heavy atom. The van der Waals surface area contributed by atoms with Gasteiger partial charge >= 0.3 is 0 Å². The molecule has 0 aliphatic carbocycles. The SMILES string of the molecule is CC(=O)Nc1cccc(C(C)NC(C)c2cnccn2)c1. The molecule has 0 aliphatic heterocycles. The first-order valence-electron chi connectivity index (χ1n) is 6.96. The van der Waals surface area contributed by atoms with E-state index >= 15 is 0 Å². The number of nitrogens with one attached hydrogen (secondary N) is 2. The van der Waals surface area contributed by atoms with Crippen molar-refractivity contribution in [1.29, 1.82) is 0 Å². The molecule has 0 saturated carbocycles. The van der Waals surface area contributed by atoms with Crippen molar-refractivity contribution < 1.29 is 4.79 Å². The summed E-state index contributed by atoms with van der Waals surface area (Å²) < 4.78 is 0. The summed E-state index contributed by atoms with van der Waals surface area (Å²) in [6.45, 7) is 5.64. The van der Waals surface area contributed by atoms with Crippen molar-refractivity contribution in [2.45, 2.75) is 32.9 Å². The van der Waals surface area contributed by atoms with Crippen LogP contribution in [-0.4, -0.2) is 15.9 Å². The van der Waals surface area contributed by atoms with Gasteiger partial charge in [0, 0.05) is 43.3 Å². The Kier molecular flexibility index (Phi) is 5.00. The fourth-order valence-corrected chi connectivity index (χ4v) is 2.18. The lowest BCUT2D eigenvalue weighted by atomic mass is 10.1. The van der Waals surface area contributed by atoms with Gasteiger partial charge in [-0.3, -0.25) is 14.8 Å². The summed E-state index contributed by atoms with van der Waals surface area (Å²) in [5, 5.41) is 6.27. The van der Waals surface area contributed by atoms with Crippen molar-refractivity contribution in [1.82, 2.24) is 15.3 Å². The van der Waals surface area contributed by atoms with E-state index in [1.807, 2.05) is 24.3 Å². The highest BCUT2D eigenvalue weighted by atomic mass is 16.1. The van der Waals surface area contributed by atoms with Crippen molar-refractivity contribution in [2.75, 3.05) is 5.32 Å². The molecule has 2 aromatic rings. The summed E-state index contributed by atoms with van der Waals surface area (Å²) in [4.78, 5) is 19.5. The van der Waals surface area contributed by atoms with Crippen molar-refractivity contribution in [3.05, 3.63) is 54.1 Å². The van der Waals surface area contributed by atoms with Crippen molar-refractivity contribution in [3.63, 3.8) is 0 Å². The molecule has 0 aliphatic rings. The predicted molar refractivity (Wildman–Crippen MR) is 82.7 cm³/mol. The van der Waals surface area contributed by atoms with Crippen molar-refractivity contribution in [2.24, 2.45) is 0 Å². The molecule has 21 heavy (non-hydrogen) atoms. The van der Waals surface area contributed by atoms with Gasteiger partial charge in [-0.1, -0.05) is 12.1 Å². The summed E-state index contributed by atoms with van der Waals surface area (Å²) in [5.74, 6) is -0.0688. The first-order valence-corrected chi connectivity index (χ1v) is 6.96. The quantitative estimate of drug-likeness (QED) is 0.886. The second-order valence-corrected chi connectivity index (χ2v) is 5.05. The molecule has 2 rings (SSSR count). The molecule has 0 spiro atoms. The first kappa shape index (κ1) is 15.1. The highest BCUT2D eigenvalue weighted by molar-refractivity contribution is 5.88. The van der Waals surface area contributed by atoms with Crippen LogP contribution < -0.4 is 10.6 Å². The maximum atomic E-state index is 11.1. The Hall–Kier alpha value is -2.27. The molecule has 2 N–H and O–H groups in total. The van der Waals surface area contributed by atoms with Gasteiger partial charge in [0.2, 0.25) is 5.91 Å². The minimum atomic E-state index is -0.0688. The summed E-state index contributed by atoms with van der Waals surface area (Å²) in [6.07, 6.45) is 5.12. The van der Waals surface area contributed by atoms with E-state index in [0.29, 0.717) is 0 Å². The van der Waals surface area contributed by atoms with E-state index in [0.717, 1.165) is 16.9 Å². The lowest BCUT2D eigenvalue weighted by Crippen LogP contribution is -2.23. The van der Waals surface area contributed by atoms with Crippen molar-refractivity contribution >= 4 is 11.6 Å². The van der Waals surface area contributed by atoms with Crippen LogP contribution in [0.3, 0.4) is 0 Å². The van der Waals surface area contributed by atoms with Crippen molar-refractivity contribution in [3.8, 4) is 0 Å². The zero-order valence-corrected chi connectivity index (χ0v) is 12.5. The molecule has 110 valence electrons. The number of hydrogen-bond acceptors (Lipinski definition) is 4. The first-order chi connectivity index (χ1) is 10.1. The maximum absolute atomic E-state index is 11.1. The molecule has 1 aromatic heterocycles. The van der Waals surface area contributed by atoms with Crippen LogP contribution in [-0.2, 0) is 4.79 Å². The second kappa shape index (κ2) is 6.95. The molecule has 0 fully saturated rings. The zero-order chi connectivity index (χ0) is 15.2. The van der Waals surface area contributed by atoms with Crippen LogP contribution in [0.4, 0.5) is 5.69 Å². The lowest BCUT2D eigenvalue weighted by molar-refractivity contribution is -0.114. The van der Waals surface area contributed by atoms with E-state index in [4.69, 9.17) is 0 Å². The van der Waals surface area contributed by atoms with Crippen LogP contribution in [0.2, 0.25) is 0 Å². The molecule has 1 amide bonds. The Bertz CT molecular complexity index is 600. The number of nitrogens with zero attached hydrogens (tertiary/aromatic N) is 2. The maximum Gasteiger partial charge on any atom is 0.221 e. The van der Waals surface area contributed by atoms with Crippen LogP contribution in [0.25, 0.3) is 0 Å². The number of benzene rings is 1. The highest BCUT2D eigenvalue weighted by Crippen LogP contribution is 2.20. The normalized spacial score (nSPS) is 13.5. The van der Waals surface area contributed by atoms with Gasteiger partial charge in [0.25, 0.3) is 0 Å². The number of hydrogen-bond donors (Lipinski definition) is 2. The van der Waals surface area contributed by atoms with E-state index in [1.54, 1.807) is 18.6 Å². The lowest BCUT2D eigenvalue weighted by Gasteiger charge is -2.20. The average Bonchev–Trinajstić information content (AvgIpc) is 2.47. The second-order valence-electron chi connectivity index (χ2n) is 5.05. The Morgan fingerprint density at radius 2 is 2.00 bits per heavy atom. The highest BCUT2D eigenvalue weighted by Gasteiger charge is 2.12. The van der Waals surface area contributed by atoms with Crippen LogP contribution in [0.15, 0.2) is 42.9 Å². The molecule has 5 nitrogen and oxygen atoms in total. The zero-order valence-electron chi connectivity index (χ0n) is 12.5. The predicted octanol–water partition coefficient (Wildman–Crippen LogP) is 2.85. The topological polar surface area (TPSA) is 66.9 Å². The number of carbonyl (C=O) groups excluding carboxylic acids is 1. The monoisotopic (exact) mass is 284 g/mol. The summed E-state index contributed by atoms with van der Waals surface area (Å²) >= 11 is 0. The molecule has 0 saturated heterocycles. The minimum Gasteiger partial charge on any atom is -0.326 e. The number of aromatic nitrogens is 2. The van der Waals surface area contributed by atoms with Gasteiger partial charge in [-0.25, -0.2) is 0 Å². The summed E-state index contributed by atoms with van der Waals surface area (Å²) in [5.41, 5.74) is 2.82. The van der Waals surface area contributed by atoms with Gasteiger partial charge in [0.15, 0.2) is 0 Å². The largest absolute Gasteiger partial charge is 0.326 e. The van der Waals surface area contributed by atoms with Crippen LogP contribution in [0.5, 0.6) is 0 Å². The molecule has 5 heteroatoms. The number of anilines is 1. The van der Waals surface area contributed by atoms with E-state index in [9.17, 15) is 4.79 Å². The number of rotatable bonds is 5. The molecule has 2 unspecified atom stereocenters. The third kappa shape index (κ3) is 4.36. The minimum absolute atomic E-state index is 0.0688. The average molecular weight is 284 g/mol. The number of amides is 1. The molecule has 0 bridgehead atoms. The van der Waals surface area contributed by atoms with E-state index in [2.05, 4.69) is 34.4 Å². The van der Waals surface area contributed by atoms with E-state index < -0.39 is 0 Å². The Morgan fingerprint density at radius 3 is 2.67 bits per heavy atom. The van der Waals surface area contributed by atoms with Gasteiger partial charge in [0.05, 0.1) is 5.69 Å². The van der Waals surface area contributed by atoms with Gasteiger partial charge < -0.3 is 10.6 Å². The molecule has 2 atom stereocenters. The fourth-order valence-electron chi connectivity index (χ4n) is 2.18. The van der Waals surface area contributed by atoms with Crippen LogP contribution in [0.1, 0.15) is 44.1 Å². The third-order valence-electron chi connectivity index (χ3n) is 3.23. The third-order valence-corrected chi connectivity index (χ3v) is 3.23. The molecule has 1 aromatic carbocycles. The van der Waals surface area contributed by atoms with Gasteiger partial charge in [-0.2, -0.15) is 0 Å². The standard InChI is InChI=1S/C16H20N4O/c1-11(19-12(2)16-10-17-7-8-18-16)14-5-4-6-15(9-14)20-13(3)21/h4-12,19H,1-3H3,(H,20,21). The van der Waals surface area contributed by atoms with Crippen LogP contribution >= 0.6 is 0 Å². The van der Waals surface area contributed by atoms with Gasteiger partial charge in [0.1, 0.15) is 0 Å². The summed E-state index contributed by atoms with van der Waals surface area (Å²) in [7, 11) is 0. The molecular formula is C16H20N4O. The number of carbonyl (C=O) groups is 1. The Labute approximate surface area is 124 Å². The molecule has 1 heterocycles. The van der Waals surface area contributed by atoms with Gasteiger partial charge in [-0.05, 0) is 31.5 Å². The van der Waals surface area contributed by atoms with Gasteiger partial charge in [-0.15, -0.1) is 0 Å².